The second-order valence-corrected chi connectivity index (χ2v) is 6.74. The van der Waals surface area contributed by atoms with E-state index in [0.29, 0.717) is 22.2 Å². The Kier molecular flexibility index (Phi) is 6.52. The highest BCUT2D eigenvalue weighted by atomic mass is 32.1. The molecule has 0 aliphatic carbocycles. The summed E-state index contributed by atoms with van der Waals surface area (Å²) < 4.78 is 40.2. The number of halogens is 3. The van der Waals surface area contributed by atoms with Gasteiger partial charge in [0, 0.05) is 16.8 Å². The molecule has 0 saturated heterocycles. The summed E-state index contributed by atoms with van der Waals surface area (Å²) in [6.07, 6.45) is -4.85. The van der Waals surface area contributed by atoms with Crippen molar-refractivity contribution in [2.75, 3.05) is 16.0 Å². The summed E-state index contributed by atoms with van der Waals surface area (Å²) in [5.74, 6) is -0.797. The number of thiazole rings is 1. The molecule has 30 heavy (non-hydrogen) atoms. The fourth-order valence-electron chi connectivity index (χ4n) is 2.34. The molecule has 0 radical (unpaired) electrons. The minimum atomic E-state index is -4.78. The molecule has 1 aromatic heterocycles. The predicted molar refractivity (Wildman–Crippen MR) is 107 cm³/mol. The van der Waals surface area contributed by atoms with Crippen LogP contribution in [0.4, 0.5) is 34.5 Å². The van der Waals surface area contributed by atoms with E-state index in [2.05, 4.69) is 25.7 Å². The second-order valence-electron chi connectivity index (χ2n) is 5.89. The van der Waals surface area contributed by atoms with Crippen LogP contribution < -0.4 is 20.7 Å². The average molecular weight is 436 g/mol. The summed E-state index contributed by atoms with van der Waals surface area (Å²) in [6.45, 7) is 0. The quantitative estimate of drug-likeness (QED) is 0.514. The van der Waals surface area contributed by atoms with Crippen LogP contribution in [0.1, 0.15) is 5.69 Å². The van der Waals surface area contributed by atoms with Gasteiger partial charge in [-0.15, -0.1) is 24.5 Å². The molecule has 7 nitrogen and oxygen atoms in total. The van der Waals surface area contributed by atoms with Crippen LogP contribution in [0, 0.1) is 0 Å². The Labute approximate surface area is 172 Å². The number of hydrogen-bond donors (Lipinski definition) is 3. The van der Waals surface area contributed by atoms with Crippen LogP contribution >= 0.6 is 11.3 Å². The van der Waals surface area contributed by atoms with Crippen molar-refractivity contribution in [3.63, 3.8) is 0 Å². The van der Waals surface area contributed by atoms with Crippen molar-refractivity contribution < 1.29 is 27.5 Å². The van der Waals surface area contributed by atoms with E-state index in [1.807, 2.05) is 6.07 Å². The monoisotopic (exact) mass is 436 g/mol. The number of ether oxygens (including phenoxy) is 1. The minimum Gasteiger partial charge on any atom is -0.406 e. The van der Waals surface area contributed by atoms with Crippen molar-refractivity contribution >= 4 is 39.8 Å². The lowest BCUT2D eigenvalue weighted by molar-refractivity contribution is -0.274. The first-order valence-electron chi connectivity index (χ1n) is 8.50. The van der Waals surface area contributed by atoms with Crippen molar-refractivity contribution in [3.05, 3.63) is 65.7 Å². The fraction of sp³-hybridized carbons (Fsp3) is 0.105. The molecule has 0 aliphatic heterocycles. The summed E-state index contributed by atoms with van der Waals surface area (Å²) in [5.41, 5.74) is 1.37. The van der Waals surface area contributed by atoms with Crippen molar-refractivity contribution in [1.29, 1.82) is 0 Å². The Morgan fingerprint density at radius 1 is 0.933 bits per heavy atom. The third kappa shape index (κ3) is 6.78. The van der Waals surface area contributed by atoms with E-state index < -0.39 is 18.3 Å². The van der Waals surface area contributed by atoms with Crippen molar-refractivity contribution in [1.82, 2.24) is 4.98 Å². The minimum absolute atomic E-state index is 0.0702. The van der Waals surface area contributed by atoms with Crippen LogP contribution in [0.15, 0.2) is 60.0 Å². The number of anilines is 3. The SMILES string of the molecule is O=C(Cc1csc(NC(=O)Nc2ccccc2)n1)Nc1ccc(OC(F)(F)F)cc1. The Morgan fingerprint density at radius 3 is 2.27 bits per heavy atom. The molecule has 3 N–H and O–H groups in total. The molecular weight excluding hydrogens is 421 g/mol. The number of carbonyl (C=O) groups is 2. The Bertz CT molecular complexity index is 1010. The largest absolute Gasteiger partial charge is 0.573 e. The number of para-hydroxylation sites is 1. The summed E-state index contributed by atoms with van der Waals surface area (Å²) in [7, 11) is 0. The second kappa shape index (κ2) is 9.27. The molecule has 0 atom stereocenters. The van der Waals surface area contributed by atoms with E-state index in [-0.39, 0.29) is 12.2 Å². The summed E-state index contributed by atoms with van der Waals surface area (Å²) >= 11 is 1.16. The van der Waals surface area contributed by atoms with E-state index in [0.717, 1.165) is 23.5 Å². The number of aromatic nitrogens is 1. The maximum Gasteiger partial charge on any atom is 0.573 e. The molecule has 156 valence electrons. The lowest BCUT2D eigenvalue weighted by Crippen LogP contribution is -2.19. The van der Waals surface area contributed by atoms with Crippen molar-refractivity contribution in [2.45, 2.75) is 12.8 Å². The first kappa shape index (κ1) is 21.1. The first-order chi connectivity index (χ1) is 14.3. The van der Waals surface area contributed by atoms with Gasteiger partial charge in [-0.1, -0.05) is 18.2 Å². The number of nitrogens with one attached hydrogen (secondary N) is 3. The number of urea groups is 1. The molecule has 0 bridgehead atoms. The van der Waals surface area contributed by atoms with E-state index >= 15 is 0 Å². The smallest absolute Gasteiger partial charge is 0.406 e. The maximum absolute atomic E-state index is 12.2. The molecule has 0 spiro atoms. The number of hydrogen-bond acceptors (Lipinski definition) is 5. The predicted octanol–water partition coefficient (Wildman–Crippen LogP) is 4.87. The Morgan fingerprint density at radius 2 is 1.60 bits per heavy atom. The van der Waals surface area contributed by atoms with Crippen molar-refractivity contribution in [3.8, 4) is 5.75 Å². The zero-order valence-electron chi connectivity index (χ0n) is 15.2. The lowest BCUT2D eigenvalue weighted by Gasteiger charge is -2.09. The van der Waals surface area contributed by atoms with Crippen LogP contribution in [-0.4, -0.2) is 23.3 Å². The van der Waals surface area contributed by atoms with Crippen LogP contribution in [-0.2, 0) is 11.2 Å². The number of amides is 3. The van der Waals surface area contributed by atoms with Gasteiger partial charge in [0.1, 0.15) is 5.75 Å². The Balaban J connectivity index is 1.49. The van der Waals surface area contributed by atoms with E-state index in [4.69, 9.17) is 0 Å². The van der Waals surface area contributed by atoms with Gasteiger partial charge in [0.15, 0.2) is 5.13 Å². The van der Waals surface area contributed by atoms with Crippen LogP contribution in [0.3, 0.4) is 0 Å². The summed E-state index contributed by atoms with van der Waals surface area (Å²) in [5, 5.41) is 9.72. The maximum atomic E-state index is 12.2. The van der Waals surface area contributed by atoms with Gasteiger partial charge < -0.3 is 15.4 Å². The first-order valence-corrected chi connectivity index (χ1v) is 9.38. The molecule has 0 fully saturated rings. The normalized spacial score (nSPS) is 10.9. The standard InChI is InChI=1S/C19H15F3N4O3S/c20-19(21,22)29-15-8-6-13(7-9-15)23-16(27)10-14-11-30-18(25-14)26-17(28)24-12-4-2-1-3-5-12/h1-9,11H,10H2,(H,23,27)(H2,24,25,26,28). The van der Waals surface area contributed by atoms with Gasteiger partial charge in [-0.25, -0.2) is 9.78 Å². The molecular formula is C19H15F3N4O3S. The van der Waals surface area contributed by atoms with E-state index in [1.54, 1.807) is 29.6 Å². The zero-order chi connectivity index (χ0) is 21.6. The highest BCUT2D eigenvalue weighted by Crippen LogP contribution is 2.24. The molecule has 2 aromatic carbocycles. The highest BCUT2D eigenvalue weighted by molar-refractivity contribution is 7.14. The number of carbonyl (C=O) groups excluding carboxylic acids is 2. The number of alkyl halides is 3. The summed E-state index contributed by atoms with van der Waals surface area (Å²) in [6, 6.07) is 13.2. The molecule has 11 heteroatoms. The van der Waals surface area contributed by atoms with Gasteiger partial charge in [0.25, 0.3) is 0 Å². The van der Waals surface area contributed by atoms with Crippen LogP contribution in [0.5, 0.6) is 5.75 Å². The number of nitrogens with zero attached hydrogens (tertiary/aromatic N) is 1. The van der Waals surface area contributed by atoms with Gasteiger partial charge in [0.05, 0.1) is 12.1 Å². The number of rotatable bonds is 6. The molecule has 0 saturated carbocycles. The van der Waals surface area contributed by atoms with Crippen LogP contribution in [0.2, 0.25) is 0 Å². The molecule has 3 rings (SSSR count). The summed E-state index contributed by atoms with van der Waals surface area (Å²) in [4.78, 5) is 28.2. The third-order valence-corrected chi connectivity index (χ3v) is 4.32. The average Bonchev–Trinajstić information content (AvgIpc) is 3.09. The molecule has 3 amide bonds. The molecule has 0 unspecified atom stereocenters. The lowest BCUT2D eigenvalue weighted by atomic mass is 10.2. The van der Waals surface area contributed by atoms with Gasteiger partial charge >= 0.3 is 12.4 Å². The van der Waals surface area contributed by atoms with Crippen molar-refractivity contribution in [2.24, 2.45) is 0 Å². The van der Waals surface area contributed by atoms with Gasteiger partial charge in [-0.05, 0) is 36.4 Å². The fourth-order valence-corrected chi connectivity index (χ4v) is 3.04. The van der Waals surface area contributed by atoms with Gasteiger partial charge in [-0.3, -0.25) is 10.1 Å². The molecule has 0 aliphatic rings. The van der Waals surface area contributed by atoms with Gasteiger partial charge in [-0.2, -0.15) is 0 Å². The third-order valence-electron chi connectivity index (χ3n) is 3.52. The zero-order valence-corrected chi connectivity index (χ0v) is 16.0. The van der Waals surface area contributed by atoms with E-state index in [9.17, 15) is 22.8 Å². The van der Waals surface area contributed by atoms with Crippen LogP contribution in [0.25, 0.3) is 0 Å². The molecule has 3 aromatic rings. The topological polar surface area (TPSA) is 92.4 Å². The van der Waals surface area contributed by atoms with Gasteiger partial charge in [0.2, 0.25) is 5.91 Å². The highest BCUT2D eigenvalue weighted by Gasteiger charge is 2.30. The van der Waals surface area contributed by atoms with E-state index in [1.165, 1.54) is 12.1 Å². The number of benzene rings is 2. The molecule has 1 heterocycles. The Hall–Kier alpha value is -3.60.